The highest BCUT2D eigenvalue weighted by Gasteiger charge is 2.46. The SMILES string of the molecule is CC[C@H](C)[C@H]1NC(=O)[C@@H](NC(=O)[C@H](CC(C)C)N(C)C(=O)[C@@H]2CCCN2C(=O)[C@H](C)NC(=O)[C@@H](Cc2ccccc2)NC(=O)OC(C)(C)C)[C@@H](C)OC(=O)[C@H](Cc2ccc(OC)cc2)N(C)C(=O)[C@@H]2CCCN2C(=O)[C@H](CC(C)C)NC(=O)[C@@H](C)C(=O)[C@H](C(C)C)OC(=O)C[C@@H]1O. The molecule has 14 atom stereocenters. The third-order valence-electron chi connectivity index (χ3n) is 18.1. The number of cyclic esters (lactones) is 2. The van der Waals surface area contributed by atoms with E-state index in [1.54, 1.807) is 103 Å². The van der Waals surface area contributed by atoms with Gasteiger partial charge in [-0.25, -0.2) is 9.59 Å². The number of carbonyl (C=O) groups excluding carboxylic acids is 12. The molecule has 0 unspecified atom stereocenters. The van der Waals surface area contributed by atoms with Gasteiger partial charge in [0, 0.05) is 40.0 Å². The number of methoxy groups -OCH3 is 1. The van der Waals surface area contributed by atoms with Gasteiger partial charge in [0.05, 0.1) is 31.6 Å². The Balaban J connectivity index is 1.55. The third-order valence-corrected chi connectivity index (χ3v) is 18.1. The molecule has 3 aliphatic rings. The number of hydrogen-bond acceptors (Lipinski definition) is 17. The Labute approximate surface area is 571 Å². The molecule has 2 aromatic rings. The Morgan fingerprint density at radius 3 is 2.01 bits per heavy atom. The highest BCUT2D eigenvalue weighted by atomic mass is 16.6. The predicted octanol–water partition coefficient (Wildman–Crippen LogP) is 4.58. The Morgan fingerprint density at radius 2 is 1.42 bits per heavy atom. The Hall–Kier alpha value is -8.16. The zero-order valence-corrected chi connectivity index (χ0v) is 59.8. The summed E-state index contributed by atoms with van der Waals surface area (Å²) < 4.78 is 22.8. The number of rotatable bonds is 20. The number of fused-ring (bicyclic) bond motifs is 1. The largest absolute Gasteiger partial charge is 0.497 e. The van der Waals surface area contributed by atoms with Crippen molar-refractivity contribution in [2.24, 2.45) is 29.6 Å². The van der Waals surface area contributed by atoms with Gasteiger partial charge in [-0.1, -0.05) is 104 Å². The van der Waals surface area contributed by atoms with Gasteiger partial charge < -0.3 is 70.2 Å². The van der Waals surface area contributed by atoms with E-state index >= 15 is 19.2 Å². The van der Waals surface area contributed by atoms with Gasteiger partial charge in [-0.3, -0.25) is 47.9 Å². The van der Waals surface area contributed by atoms with Crippen molar-refractivity contribution in [1.29, 1.82) is 0 Å². The number of aliphatic hydroxyl groups is 1. The maximum absolute atomic E-state index is 15.3. The zero-order chi connectivity index (χ0) is 72.5. The van der Waals surface area contributed by atoms with Gasteiger partial charge in [0.25, 0.3) is 0 Å². The summed E-state index contributed by atoms with van der Waals surface area (Å²) in [6.07, 6.45) is -4.95. The second kappa shape index (κ2) is 35.9. The number of esters is 2. The lowest BCUT2D eigenvalue weighted by Crippen LogP contribution is -2.62. The standard InChI is InChI=1S/C71H107N9O17/c1-18-42(8)57-55(81)38-56(82)96-60(41(6)7)59(83)43(9)61(84)73-50(34-39(2)3)66(89)80-33-23-27-52(80)68(91)78(16)54(37-47-28-30-48(94-17)31-29-47)69(92)95-45(11)58(64(87)75-57)76-63(86)53(35-40(4)5)77(15)67(90)51-26-22-32-79(51)65(88)44(10)72-62(85)49(36-46-24-20-19-21-25-46)74-70(93)97-71(12,13)14/h19-21,24-25,28-31,39-45,49-55,57-58,60,81H,18,22-23,26-27,32-38H2,1-17H3,(H,72,85)(H,73,84)(H,74,93)(H,75,87)(H,76,86)/t42-,43-,44-,45+,49+,50-,51-,52-,53-,54-,55-,57+,58-,60-/m0/s1. The van der Waals surface area contributed by atoms with E-state index in [1.165, 1.54) is 61.6 Å². The summed E-state index contributed by atoms with van der Waals surface area (Å²) in [6.45, 7) is 23.4. The molecule has 26 heteroatoms. The van der Waals surface area contributed by atoms with Crippen molar-refractivity contribution in [2.45, 2.75) is 239 Å². The molecule has 0 aromatic heterocycles. The summed E-state index contributed by atoms with van der Waals surface area (Å²) in [5, 5.41) is 25.6. The Bertz CT molecular complexity index is 3080. The molecule has 3 fully saturated rings. The summed E-state index contributed by atoms with van der Waals surface area (Å²) in [7, 11) is 4.26. The topological polar surface area (TPSA) is 335 Å². The number of nitrogens with zero attached hydrogens (tertiary/aromatic N) is 4. The van der Waals surface area contributed by atoms with Crippen LogP contribution in [0.5, 0.6) is 5.75 Å². The normalized spacial score (nSPS) is 25.0. The van der Waals surface area contributed by atoms with E-state index in [2.05, 4.69) is 26.6 Å². The van der Waals surface area contributed by atoms with Gasteiger partial charge in [0.1, 0.15) is 65.8 Å². The van der Waals surface area contributed by atoms with Crippen LogP contribution >= 0.6 is 0 Å². The van der Waals surface area contributed by atoms with Crippen LogP contribution < -0.4 is 31.3 Å². The van der Waals surface area contributed by atoms with Crippen LogP contribution in [-0.4, -0.2) is 208 Å². The summed E-state index contributed by atoms with van der Waals surface area (Å²) in [6, 6.07) is 3.90. The zero-order valence-electron chi connectivity index (χ0n) is 59.8. The van der Waals surface area contributed by atoms with Gasteiger partial charge >= 0.3 is 18.0 Å². The first-order valence-corrected chi connectivity index (χ1v) is 34.1. The summed E-state index contributed by atoms with van der Waals surface area (Å²) >= 11 is 0. The van der Waals surface area contributed by atoms with E-state index in [-0.39, 0.29) is 63.5 Å². The fraction of sp³-hybridized carbons (Fsp3) is 0.662. The molecule has 26 nitrogen and oxygen atoms in total. The number of ether oxygens (including phenoxy) is 4. The summed E-state index contributed by atoms with van der Waals surface area (Å²) in [4.78, 5) is 179. The number of benzene rings is 2. The Kier molecular flexibility index (Phi) is 29.4. The minimum Gasteiger partial charge on any atom is -0.497 e. The van der Waals surface area contributed by atoms with Crippen LogP contribution in [0.2, 0.25) is 0 Å². The number of Topliss-reactive ketones (excluding diaryl/α,β-unsaturated/α-hetero) is 1. The van der Waals surface area contributed by atoms with Crippen LogP contribution in [0.25, 0.3) is 0 Å². The lowest BCUT2D eigenvalue weighted by molar-refractivity contribution is -0.163. The monoisotopic (exact) mass is 1360 g/mol. The molecular weight excluding hydrogens is 1250 g/mol. The van der Waals surface area contributed by atoms with E-state index in [1.807, 2.05) is 27.7 Å². The lowest BCUT2D eigenvalue weighted by atomic mass is 9.91. The predicted molar refractivity (Wildman–Crippen MR) is 359 cm³/mol. The molecule has 0 saturated carbocycles. The first-order valence-electron chi connectivity index (χ1n) is 34.1. The first-order chi connectivity index (χ1) is 45.5. The van der Waals surface area contributed by atoms with Crippen molar-refractivity contribution in [3.8, 4) is 5.75 Å². The second-order valence-electron chi connectivity index (χ2n) is 28.4. The van der Waals surface area contributed by atoms with Crippen LogP contribution in [-0.2, 0) is 79.8 Å². The lowest BCUT2D eigenvalue weighted by Gasteiger charge is -2.36. The van der Waals surface area contributed by atoms with Crippen LogP contribution in [0.3, 0.4) is 0 Å². The molecule has 0 bridgehead atoms. The number of ketones is 1. The number of nitrogens with one attached hydrogen (secondary N) is 5. The highest BCUT2D eigenvalue weighted by Crippen LogP contribution is 2.28. The minimum atomic E-state index is -1.83. The van der Waals surface area contributed by atoms with Crippen molar-refractivity contribution >= 4 is 71.1 Å². The van der Waals surface area contributed by atoms with Crippen molar-refractivity contribution in [2.75, 3.05) is 34.3 Å². The van der Waals surface area contributed by atoms with Crippen LogP contribution in [0.4, 0.5) is 4.79 Å². The molecule has 97 heavy (non-hydrogen) atoms. The number of likely N-dealkylation sites (tertiary alicyclic amines) is 1. The number of alkyl carbamates (subject to hydrolysis) is 1. The first kappa shape index (κ1) is 79.5. The molecular formula is C71H107N9O17. The van der Waals surface area contributed by atoms with Crippen molar-refractivity contribution < 1.29 is 81.6 Å². The van der Waals surface area contributed by atoms with Crippen LogP contribution in [0.1, 0.15) is 159 Å². The van der Waals surface area contributed by atoms with Gasteiger partial charge in [-0.15, -0.1) is 0 Å². The summed E-state index contributed by atoms with van der Waals surface area (Å²) in [5.74, 6) is -11.4. The van der Waals surface area contributed by atoms with E-state index in [0.717, 1.165) is 5.56 Å². The van der Waals surface area contributed by atoms with E-state index in [0.29, 0.717) is 30.6 Å². The van der Waals surface area contributed by atoms with Gasteiger partial charge in [-0.05, 0) is 127 Å². The molecule has 2 aromatic carbocycles. The highest BCUT2D eigenvalue weighted by molar-refractivity contribution is 6.05. The number of amides is 9. The molecule has 0 radical (unpaired) electrons. The average molecular weight is 1360 g/mol. The quantitative estimate of drug-likeness (QED) is 0.0600. The number of carbonyl (C=O) groups is 12. The smallest absolute Gasteiger partial charge is 0.408 e. The molecule has 538 valence electrons. The number of hydrogen-bond donors (Lipinski definition) is 6. The van der Waals surface area contributed by atoms with E-state index in [4.69, 9.17) is 18.9 Å². The molecule has 3 heterocycles. The molecule has 0 aliphatic carbocycles. The summed E-state index contributed by atoms with van der Waals surface area (Å²) in [5.41, 5.74) is 0.385. The molecule has 5 rings (SSSR count). The van der Waals surface area contributed by atoms with Crippen molar-refractivity contribution in [3.05, 3.63) is 65.7 Å². The van der Waals surface area contributed by atoms with Crippen LogP contribution in [0, 0.1) is 29.6 Å². The number of likely N-dealkylation sites (N-methyl/N-ethyl adjacent to an activating group) is 2. The second-order valence-corrected chi connectivity index (χ2v) is 28.4. The maximum atomic E-state index is 15.3. The molecule has 3 aliphatic heterocycles. The molecule has 3 saturated heterocycles. The van der Waals surface area contributed by atoms with Crippen molar-refractivity contribution in [3.63, 3.8) is 0 Å². The number of aliphatic hydroxyl groups excluding tert-OH is 1. The van der Waals surface area contributed by atoms with Gasteiger partial charge in [0.2, 0.25) is 47.3 Å². The molecule has 9 amide bonds. The molecule has 6 N–H and O–H groups in total. The minimum absolute atomic E-state index is 0.00605. The average Bonchev–Trinajstić information content (AvgIpc) is 1.78. The van der Waals surface area contributed by atoms with Gasteiger partial charge in [-0.2, -0.15) is 0 Å². The van der Waals surface area contributed by atoms with E-state index < -0.39 is 174 Å². The maximum Gasteiger partial charge on any atom is 0.408 e. The van der Waals surface area contributed by atoms with Crippen molar-refractivity contribution in [1.82, 2.24) is 46.2 Å². The fourth-order valence-corrected chi connectivity index (χ4v) is 12.4. The van der Waals surface area contributed by atoms with Gasteiger partial charge in [0.15, 0.2) is 11.9 Å². The molecule has 0 spiro atoms. The van der Waals surface area contributed by atoms with E-state index in [9.17, 15) is 43.5 Å². The third kappa shape index (κ3) is 22.2. The fourth-order valence-electron chi connectivity index (χ4n) is 12.4. The van der Waals surface area contributed by atoms with Crippen LogP contribution in [0.15, 0.2) is 54.6 Å². The Morgan fingerprint density at radius 1 is 0.784 bits per heavy atom.